The molecule has 3 rings (SSSR count). The normalized spacial score (nSPS) is 33.4. The van der Waals surface area contributed by atoms with E-state index in [0.29, 0.717) is 12.5 Å². The summed E-state index contributed by atoms with van der Waals surface area (Å²) >= 11 is 3.48. The van der Waals surface area contributed by atoms with Gasteiger partial charge in [-0.2, -0.15) is 0 Å². The number of nitrogens with two attached hydrogens (primary N) is 1. The van der Waals surface area contributed by atoms with Crippen LogP contribution >= 0.6 is 15.9 Å². The molecular weight excluding hydrogens is 318 g/mol. The lowest BCUT2D eigenvalue weighted by atomic mass is 9.67. The van der Waals surface area contributed by atoms with Crippen LogP contribution in [-0.2, 0) is 0 Å². The Bertz CT molecular complexity index is 507. The van der Waals surface area contributed by atoms with Gasteiger partial charge in [0.25, 0.3) is 0 Å². The second-order valence-corrected chi connectivity index (χ2v) is 7.22. The molecule has 0 aliphatic heterocycles. The zero-order valence-electron chi connectivity index (χ0n) is 11.8. The fraction of sp³-hybridized carbons (Fsp3) is 0.625. The molecule has 110 valence electrons. The molecule has 4 heteroatoms. The number of benzene rings is 1. The summed E-state index contributed by atoms with van der Waals surface area (Å²) in [5, 5.41) is 11.0. The maximum atomic E-state index is 11.0. The summed E-state index contributed by atoms with van der Waals surface area (Å²) in [4.78, 5) is 0. The third kappa shape index (κ3) is 2.09. The summed E-state index contributed by atoms with van der Waals surface area (Å²) in [6.45, 7) is 0.547. The van der Waals surface area contributed by atoms with Gasteiger partial charge in [-0.3, -0.25) is 0 Å². The van der Waals surface area contributed by atoms with Gasteiger partial charge in [0, 0.05) is 22.0 Å². The van der Waals surface area contributed by atoms with Crippen LogP contribution in [0.3, 0.4) is 0 Å². The quantitative estimate of drug-likeness (QED) is 0.885. The minimum atomic E-state index is -0.546. The van der Waals surface area contributed by atoms with Crippen LogP contribution in [0.25, 0.3) is 0 Å². The molecule has 0 heterocycles. The molecule has 2 saturated carbocycles. The van der Waals surface area contributed by atoms with Crippen LogP contribution in [0.4, 0.5) is 0 Å². The Morgan fingerprint density at radius 2 is 2.30 bits per heavy atom. The second-order valence-electron chi connectivity index (χ2n) is 6.31. The molecule has 0 saturated heterocycles. The molecule has 1 aromatic rings. The van der Waals surface area contributed by atoms with Gasteiger partial charge in [-0.05, 0) is 49.3 Å². The minimum Gasteiger partial charge on any atom is -0.496 e. The van der Waals surface area contributed by atoms with Crippen LogP contribution in [0.2, 0.25) is 0 Å². The van der Waals surface area contributed by atoms with Gasteiger partial charge in [0.2, 0.25) is 0 Å². The molecule has 1 aromatic carbocycles. The van der Waals surface area contributed by atoms with Crippen molar-refractivity contribution in [2.24, 2.45) is 23.0 Å². The van der Waals surface area contributed by atoms with Crippen LogP contribution in [0, 0.1) is 17.3 Å². The molecule has 0 aromatic heterocycles. The van der Waals surface area contributed by atoms with E-state index in [1.54, 1.807) is 7.11 Å². The molecule has 2 aliphatic rings. The summed E-state index contributed by atoms with van der Waals surface area (Å²) in [6.07, 6.45) is 4.23. The van der Waals surface area contributed by atoms with Gasteiger partial charge >= 0.3 is 0 Å². The first-order chi connectivity index (χ1) is 9.60. The zero-order valence-corrected chi connectivity index (χ0v) is 13.4. The third-order valence-electron chi connectivity index (χ3n) is 5.43. The zero-order chi connectivity index (χ0) is 14.3. The SMILES string of the molecule is COc1ccc(Br)cc1C(O)C1(CN)CC2CCC1C2. The summed E-state index contributed by atoms with van der Waals surface area (Å²) in [6, 6.07) is 5.80. The van der Waals surface area contributed by atoms with Gasteiger partial charge < -0.3 is 15.6 Å². The first kappa shape index (κ1) is 14.4. The predicted octanol–water partition coefficient (Wildman–Crippen LogP) is 3.26. The molecule has 2 aliphatic carbocycles. The molecule has 2 fully saturated rings. The standard InChI is InChI=1S/C16H22BrNO2/c1-20-14-5-4-12(17)7-13(14)15(19)16(9-18)8-10-2-3-11(16)6-10/h4-5,7,10-11,15,19H,2-3,6,8-9,18H2,1H3. The van der Waals surface area contributed by atoms with E-state index in [9.17, 15) is 5.11 Å². The van der Waals surface area contributed by atoms with Gasteiger partial charge in [-0.25, -0.2) is 0 Å². The minimum absolute atomic E-state index is 0.170. The lowest BCUT2D eigenvalue weighted by molar-refractivity contribution is -0.0143. The third-order valence-corrected chi connectivity index (χ3v) is 5.93. The highest BCUT2D eigenvalue weighted by Gasteiger charge is 2.54. The topological polar surface area (TPSA) is 55.5 Å². The number of hydrogen-bond donors (Lipinski definition) is 2. The molecule has 0 amide bonds. The first-order valence-electron chi connectivity index (χ1n) is 7.32. The van der Waals surface area contributed by atoms with E-state index in [4.69, 9.17) is 10.5 Å². The van der Waals surface area contributed by atoms with Gasteiger partial charge in [0.1, 0.15) is 5.75 Å². The van der Waals surface area contributed by atoms with Gasteiger partial charge in [0.05, 0.1) is 13.2 Å². The van der Waals surface area contributed by atoms with Crippen LogP contribution in [0.15, 0.2) is 22.7 Å². The summed E-state index contributed by atoms with van der Waals surface area (Å²) in [5.74, 6) is 2.05. The summed E-state index contributed by atoms with van der Waals surface area (Å²) in [5.41, 5.74) is 6.80. The lowest BCUT2D eigenvalue weighted by Gasteiger charge is -2.41. The van der Waals surface area contributed by atoms with Crippen LogP contribution in [-0.4, -0.2) is 18.8 Å². The van der Waals surface area contributed by atoms with Crippen molar-refractivity contribution >= 4 is 15.9 Å². The van der Waals surface area contributed by atoms with Crippen molar-refractivity contribution in [1.29, 1.82) is 0 Å². The Labute approximate surface area is 128 Å². The van der Waals surface area contributed by atoms with Crippen LogP contribution < -0.4 is 10.5 Å². The number of halogens is 1. The van der Waals surface area contributed by atoms with Crippen molar-refractivity contribution < 1.29 is 9.84 Å². The molecular formula is C16H22BrNO2. The Balaban J connectivity index is 1.99. The molecule has 0 spiro atoms. The van der Waals surface area contributed by atoms with E-state index < -0.39 is 6.10 Å². The average Bonchev–Trinajstić information content (AvgIpc) is 3.07. The smallest absolute Gasteiger partial charge is 0.124 e. The fourth-order valence-electron chi connectivity index (χ4n) is 4.41. The number of aliphatic hydroxyl groups excluding tert-OH is 1. The van der Waals surface area contributed by atoms with Crippen molar-refractivity contribution in [3.8, 4) is 5.75 Å². The summed E-state index contributed by atoms with van der Waals surface area (Å²) in [7, 11) is 1.65. The molecule has 2 bridgehead atoms. The van der Waals surface area contributed by atoms with Gasteiger partial charge in [0.15, 0.2) is 0 Å². The first-order valence-corrected chi connectivity index (χ1v) is 8.11. The van der Waals surface area contributed by atoms with Crippen molar-refractivity contribution in [3.63, 3.8) is 0 Å². The van der Waals surface area contributed by atoms with E-state index in [0.717, 1.165) is 28.1 Å². The number of ether oxygens (including phenoxy) is 1. The van der Waals surface area contributed by atoms with Gasteiger partial charge in [-0.15, -0.1) is 0 Å². The molecule has 20 heavy (non-hydrogen) atoms. The maximum Gasteiger partial charge on any atom is 0.124 e. The Morgan fingerprint density at radius 3 is 2.85 bits per heavy atom. The van der Waals surface area contributed by atoms with Crippen LogP contribution in [0.5, 0.6) is 5.75 Å². The molecule has 4 atom stereocenters. The van der Waals surface area contributed by atoms with Crippen molar-refractivity contribution in [3.05, 3.63) is 28.2 Å². The Hall–Kier alpha value is -0.580. The van der Waals surface area contributed by atoms with E-state index in [-0.39, 0.29) is 5.41 Å². The monoisotopic (exact) mass is 339 g/mol. The Kier molecular flexibility index (Phi) is 3.82. The highest BCUT2D eigenvalue weighted by atomic mass is 79.9. The van der Waals surface area contributed by atoms with E-state index >= 15 is 0 Å². The Morgan fingerprint density at radius 1 is 1.50 bits per heavy atom. The molecule has 0 radical (unpaired) electrons. The van der Waals surface area contributed by atoms with Crippen molar-refractivity contribution in [2.75, 3.05) is 13.7 Å². The lowest BCUT2D eigenvalue weighted by Crippen LogP contribution is -2.41. The number of rotatable bonds is 4. The fourth-order valence-corrected chi connectivity index (χ4v) is 4.79. The van der Waals surface area contributed by atoms with Gasteiger partial charge in [-0.1, -0.05) is 22.4 Å². The summed E-state index contributed by atoms with van der Waals surface area (Å²) < 4.78 is 6.39. The molecule has 4 unspecified atom stereocenters. The molecule has 3 N–H and O–H groups in total. The molecule has 3 nitrogen and oxygen atoms in total. The predicted molar refractivity (Wildman–Crippen MR) is 82.6 cm³/mol. The number of methoxy groups -OCH3 is 1. The number of aliphatic hydroxyl groups is 1. The van der Waals surface area contributed by atoms with Crippen molar-refractivity contribution in [1.82, 2.24) is 0 Å². The van der Waals surface area contributed by atoms with Crippen molar-refractivity contribution in [2.45, 2.75) is 31.8 Å². The van der Waals surface area contributed by atoms with E-state index in [1.165, 1.54) is 19.3 Å². The van der Waals surface area contributed by atoms with E-state index in [2.05, 4.69) is 15.9 Å². The average molecular weight is 340 g/mol. The number of fused-ring (bicyclic) bond motifs is 2. The second kappa shape index (κ2) is 5.32. The highest BCUT2D eigenvalue weighted by molar-refractivity contribution is 9.10. The maximum absolute atomic E-state index is 11.0. The number of hydrogen-bond acceptors (Lipinski definition) is 3. The largest absolute Gasteiger partial charge is 0.496 e. The van der Waals surface area contributed by atoms with E-state index in [1.807, 2.05) is 18.2 Å². The van der Waals surface area contributed by atoms with Crippen LogP contribution in [0.1, 0.15) is 37.4 Å². The highest BCUT2D eigenvalue weighted by Crippen LogP contribution is 2.61.